The second kappa shape index (κ2) is 5.28. The van der Waals surface area contributed by atoms with Crippen molar-refractivity contribution in [1.29, 1.82) is 0 Å². The molecule has 74 valence electrons. The quantitative estimate of drug-likeness (QED) is 0.619. The summed E-state index contributed by atoms with van der Waals surface area (Å²) in [7, 11) is 0. The van der Waals surface area contributed by atoms with Crippen LogP contribution in [0.15, 0.2) is 36.4 Å². The van der Waals surface area contributed by atoms with Crippen molar-refractivity contribution in [1.82, 2.24) is 0 Å². The molecule has 0 unspecified atom stereocenters. The third-order valence-corrected chi connectivity index (χ3v) is 2.08. The first-order chi connectivity index (χ1) is 6.88. The molecule has 0 aliphatic heterocycles. The number of benzene rings is 1. The van der Waals surface area contributed by atoms with E-state index in [1.807, 2.05) is 32.1 Å². The zero-order chi connectivity index (χ0) is 10.4. The lowest BCUT2D eigenvalue weighted by Crippen LogP contribution is -1.93. The predicted octanol–water partition coefficient (Wildman–Crippen LogP) is 3.42. The molecule has 2 rings (SSSR count). The third kappa shape index (κ3) is 2.25. The maximum atomic E-state index is 5.83. The number of rotatable bonds is 0. The van der Waals surface area contributed by atoms with Gasteiger partial charge in [-0.2, -0.15) is 0 Å². The first kappa shape index (κ1) is 10.6. The van der Waals surface area contributed by atoms with E-state index in [0.29, 0.717) is 0 Å². The monoisotopic (exact) mass is 187 g/mol. The van der Waals surface area contributed by atoms with Crippen molar-refractivity contribution in [2.24, 2.45) is 0 Å². The highest BCUT2D eigenvalue weighted by Gasteiger charge is 2.02. The fourth-order valence-corrected chi connectivity index (χ4v) is 1.44. The number of hydrogen-bond donors (Lipinski definition) is 1. The Bertz CT molecular complexity index is 348. The summed E-state index contributed by atoms with van der Waals surface area (Å²) in [6.07, 6.45) is 9.27. The number of hydrogen-bond acceptors (Lipinski definition) is 1. The molecule has 0 fully saturated rings. The molecule has 1 aromatic carbocycles. The van der Waals surface area contributed by atoms with Crippen molar-refractivity contribution in [3.63, 3.8) is 0 Å². The summed E-state index contributed by atoms with van der Waals surface area (Å²) >= 11 is 0. The molecule has 0 saturated carbocycles. The van der Waals surface area contributed by atoms with Gasteiger partial charge in [0.15, 0.2) is 0 Å². The first-order valence-electron chi connectivity index (χ1n) is 5.08. The van der Waals surface area contributed by atoms with Gasteiger partial charge in [-0.15, -0.1) is 0 Å². The van der Waals surface area contributed by atoms with Crippen LogP contribution >= 0.6 is 0 Å². The fourth-order valence-electron chi connectivity index (χ4n) is 1.44. The van der Waals surface area contributed by atoms with E-state index >= 15 is 0 Å². The Morgan fingerprint density at radius 2 is 1.93 bits per heavy atom. The van der Waals surface area contributed by atoms with Crippen molar-refractivity contribution in [3.05, 3.63) is 47.6 Å². The van der Waals surface area contributed by atoms with E-state index in [1.165, 1.54) is 11.1 Å². The summed E-state index contributed by atoms with van der Waals surface area (Å²) in [5.74, 6) is 0. The Morgan fingerprint density at radius 1 is 1.14 bits per heavy atom. The van der Waals surface area contributed by atoms with Crippen molar-refractivity contribution < 1.29 is 0 Å². The zero-order valence-electron chi connectivity index (χ0n) is 8.83. The molecule has 1 aliphatic rings. The van der Waals surface area contributed by atoms with E-state index in [2.05, 4.69) is 24.3 Å². The molecule has 0 saturated heterocycles. The number of anilines is 1. The molecule has 0 radical (unpaired) electrons. The molecule has 1 aliphatic carbocycles. The normalized spacial score (nSPS) is 12.4. The molecule has 0 amide bonds. The molecule has 1 aromatic rings. The highest BCUT2D eigenvalue weighted by Crippen LogP contribution is 2.21. The van der Waals surface area contributed by atoms with Gasteiger partial charge in [0.1, 0.15) is 0 Å². The van der Waals surface area contributed by atoms with Gasteiger partial charge < -0.3 is 5.73 Å². The zero-order valence-corrected chi connectivity index (χ0v) is 8.83. The van der Waals surface area contributed by atoms with Crippen molar-refractivity contribution in [3.8, 4) is 0 Å². The number of nitrogens with two attached hydrogens (primary N) is 1. The lowest BCUT2D eigenvalue weighted by molar-refractivity contribution is 1.27. The Hall–Kier alpha value is -1.50. The van der Waals surface area contributed by atoms with Gasteiger partial charge in [0, 0.05) is 11.3 Å². The maximum absolute atomic E-state index is 5.83. The van der Waals surface area contributed by atoms with Gasteiger partial charge in [0.25, 0.3) is 0 Å². The maximum Gasteiger partial charge on any atom is 0.0390 e. The second-order valence-electron chi connectivity index (χ2n) is 2.91. The largest absolute Gasteiger partial charge is 0.398 e. The molecule has 0 spiro atoms. The molecule has 0 atom stereocenters. The Labute approximate surface area is 85.9 Å². The lowest BCUT2D eigenvalue weighted by Gasteiger charge is -2.04. The fraction of sp³-hybridized carbons (Fsp3) is 0.231. The molecule has 2 N–H and O–H groups in total. The van der Waals surface area contributed by atoms with Gasteiger partial charge in [-0.1, -0.05) is 50.3 Å². The van der Waals surface area contributed by atoms with Gasteiger partial charge >= 0.3 is 0 Å². The van der Waals surface area contributed by atoms with E-state index in [0.717, 1.165) is 12.1 Å². The van der Waals surface area contributed by atoms with Crippen molar-refractivity contribution in [2.45, 2.75) is 20.3 Å². The molecule has 0 heterocycles. The minimum absolute atomic E-state index is 0.868. The minimum atomic E-state index is 0.868. The molecule has 0 bridgehead atoms. The van der Waals surface area contributed by atoms with Crippen LogP contribution in [-0.4, -0.2) is 0 Å². The lowest BCUT2D eigenvalue weighted by atomic mass is 10.0. The molecule has 0 aromatic heterocycles. The summed E-state index contributed by atoms with van der Waals surface area (Å²) in [6, 6.07) is 6.06. The highest BCUT2D eigenvalue weighted by atomic mass is 14.6. The SMILES string of the molecule is CC.Nc1cccc2c1C=CC=CC2. The number of allylic oxidation sites excluding steroid dienone is 3. The molecular formula is C13H17N. The van der Waals surface area contributed by atoms with E-state index in [-0.39, 0.29) is 0 Å². The van der Waals surface area contributed by atoms with Crippen LogP contribution in [0.2, 0.25) is 0 Å². The summed E-state index contributed by atoms with van der Waals surface area (Å²) < 4.78 is 0. The van der Waals surface area contributed by atoms with Gasteiger partial charge in [-0.3, -0.25) is 0 Å². The number of fused-ring (bicyclic) bond motifs is 1. The van der Waals surface area contributed by atoms with E-state index in [4.69, 9.17) is 5.73 Å². The molecule has 1 heteroatoms. The topological polar surface area (TPSA) is 26.0 Å². The Kier molecular flexibility index (Phi) is 3.99. The van der Waals surface area contributed by atoms with Crippen molar-refractivity contribution >= 4 is 11.8 Å². The Morgan fingerprint density at radius 3 is 2.71 bits per heavy atom. The van der Waals surface area contributed by atoms with Gasteiger partial charge in [-0.25, -0.2) is 0 Å². The average Bonchev–Trinajstić information content (AvgIpc) is 2.47. The smallest absolute Gasteiger partial charge is 0.0390 e. The van der Waals surface area contributed by atoms with Crippen LogP contribution < -0.4 is 5.73 Å². The predicted molar refractivity (Wildman–Crippen MR) is 64.1 cm³/mol. The van der Waals surface area contributed by atoms with Gasteiger partial charge in [-0.05, 0) is 18.1 Å². The van der Waals surface area contributed by atoms with E-state index in [1.54, 1.807) is 0 Å². The highest BCUT2D eigenvalue weighted by molar-refractivity contribution is 5.69. The average molecular weight is 187 g/mol. The summed E-state index contributed by atoms with van der Waals surface area (Å²) in [5, 5.41) is 0. The standard InChI is InChI=1S/C11H11N.C2H6/c12-11-8-4-6-9-5-2-1-3-7-10(9)11;1-2/h1-4,6-8H,5,12H2;1-2H3. The van der Waals surface area contributed by atoms with E-state index < -0.39 is 0 Å². The van der Waals surface area contributed by atoms with Crippen LogP contribution in [0.1, 0.15) is 25.0 Å². The molecule has 1 nitrogen and oxygen atoms in total. The van der Waals surface area contributed by atoms with Gasteiger partial charge in [0.2, 0.25) is 0 Å². The molecular weight excluding hydrogens is 170 g/mol. The number of nitrogen functional groups attached to an aromatic ring is 1. The van der Waals surface area contributed by atoms with Crippen LogP contribution in [0.3, 0.4) is 0 Å². The summed E-state index contributed by atoms with van der Waals surface area (Å²) in [6.45, 7) is 4.00. The van der Waals surface area contributed by atoms with Crippen LogP contribution in [0.4, 0.5) is 5.69 Å². The second-order valence-corrected chi connectivity index (χ2v) is 2.91. The first-order valence-corrected chi connectivity index (χ1v) is 5.08. The van der Waals surface area contributed by atoms with Crippen LogP contribution in [-0.2, 0) is 6.42 Å². The summed E-state index contributed by atoms with van der Waals surface area (Å²) in [4.78, 5) is 0. The van der Waals surface area contributed by atoms with E-state index in [9.17, 15) is 0 Å². The van der Waals surface area contributed by atoms with Crippen LogP contribution in [0, 0.1) is 0 Å². The molecule has 14 heavy (non-hydrogen) atoms. The van der Waals surface area contributed by atoms with Crippen LogP contribution in [0.5, 0.6) is 0 Å². The minimum Gasteiger partial charge on any atom is -0.398 e. The summed E-state index contributed by atoms with van der Waals surface area (Å²) in [5.41, 5.74) is 9.17. The van der Waals surface area contributed by atoms with Crippen molar-refractivity contribution in [2.75, 3.05) is 5.73 Å². The van der Waals surface area contributed by atoms with Gasteiger partial charge in [0.05, 0.1) is 0 Å². The Balaban J connectivity index is 0.000000461. The van der Waals surface area contributed by atoms with Crippen LogP contribution in [0.25, 0.3) is 6.08 Å². The third-order valence-electron chi connectivity index (χ3n) is 2.08.